The number of hydrogen-bond acceptors (Lipinski definition) is 1. The summed E-state index contributed by atoms with van der Waals surface area (Å²) in [6.45, 7) is 9.26. The van der Waals surface area contributed by atoms with Crippen molar-refractivity contribution in [2.75, 3.05) is 0 Å². The Hall–Kier alpha value is -0.690. The van der Waals surface area contributed by atoms with Crippen molar-refractivity contribution in [3.05, 3.63) is 28.3 Å². The van der Waals surface area contributed by atoms with Gasteiger partial charge in [0.05, 0.1) is 5.02 Å². The number of halogens is 1. The SMILES string of the molecule is Cc1cc(Cl)c(O)c(C2CC3CCC2(C)C3(C)C)c1. The van der Waals surface area contributed by atoms with Gasteiger partial charge in [-0.2, -0.15) is 0 Å². The molecule has 1 aromatic rings. The summed E-state index contributed by atoms with van der Waals surface area (Å²) in [7, 11) is 0. The minimum Gasteiger partial charge on any atom is -0.506 e. The van der Waals surface area contributed by atoms with Crippen molar-refractivity contribution in [3.63, 3.8) is 0 Å². The Balaban J connectivity index is 2.11. The molecule has 3 rings (SSSR count). The van der Waals surface area contributed by atoms with Gasteiger partial charge in [0.25, 0.3) is 0 Å². The van der Waals surface area contributed by atoms with Gasteiger partial charge in [0, 0.05) is 0 Å². The molecular weight excluding hydrogens is 256 g/mol. The first kappa shape index (κ1) is 13.3. The largest absolute Gasteiger partial charge is 0.506 e. The van der Waals surface area contributed by atoms with Gasteiger partial charge >= 0.3 is 0 Å². The maximum Gasteiger partial charge on any atom is 0.137 e. The van der Waals surface area contributed by atoms with E-state index >= 15 is 0 Å². The zero-order chi connectivity index (χ0) is 14.0. The zero-order valence-electron chi connectivity index (χ0n) is 12.3. The van der Waals surface area contributed by atoms with Gasteiger partial charge in [-0.1, -0.05) is 38.4 Å². The summed E-state index contributed by atoms with van der Waals surface area (Å²) in [6, 6.07) is 3.98. The average molecular weight is 279 g/mol. The van der Waals surface area contributed by atoms with Crippen LogP contribution in [-0.4, -0.2) is 5.11 Å². The van der Waals surface area contributed by atoms with Crippen LogP contribution in [0.4, 0.5) is 0 Å². The maximum atomic E-state index is 10.4. The van der Waals surface area contributed by atoms with Crippen LogP contribution in [0.1, 0.15) is 57.1 Å². The third-order valence-corrected chi connectivity index (χ3v) is 6.69. The van der Waals surface area contributed by atoms with E-state index in [4.69, 9.17) is 11.6 Å². The van der Waals surface area contributed by atoms with Crippen LogP contribution in [0.15, 0.2) is 12.1 Å². The molecular formula is C17H23ClO. The molecule has 0 amide bonds. The van der Waals surface area contributed by atoms with Gasteiger partial charge in [-0.05, 0) is 66.0 Å². The number of benzene rings is 1. The number of phenolic OH excluding ortho intramolecular Hbond substituents is 1. The van der Waals surface area contributed by atoms with Crippen LogP contribution in [-0.2, 0) is 0 Å². The van der Waals surface area contributed by atoms with Gasteiger partial charge in [0.1, 0.15) is 5.75 Å². The Morgan fingerprint density at radius 1 is 1.26 bits per heavy atom. The topological polar surface area (TPSA) is 20.2 Å². The van der Waals surface area contributed by atoms with Crippen LogP contribution < -0.4 is 0 Å². The second-order valence-electron chi connectivity index (χ2n) is 7.35. The number of rotatable bonds is 1. The van der Waals surface area contributed by atoms with E-state index in [9.17, 15) is 5.11 Å². The lowest BCUT2D eigenvalue weighted by atomic mass is 9.65. The van der Waals surface area contributed by atoms with Crippen LogP contribution in [0, 0.1) is 23.7 Å². The highest BCUT2D eigenvalue weighted by atomic mass is 35.5. The molecule has 1 N–H and O–H groups in total. The lowest BCUT2D eigenvalue weighted by molar-refractivity contribution is 0.133. The van der Waals surface area contributed by atoms with Crippen LogP contribution in [0.5, 0.6) is 5.75 Å². The summed E-state index contributed by atoms with van der Waals surface area (Å²) in [5.74, 6) is 1.53. The van der Waals surface area contributed by atoms with Crippen molar-refractivity contribution in [2.45, 2.75) is 52.9 Å². The monoisotopic (exact) mass is 278 g/mol. The molecule has 2 heteroatoms. The molecule has 2 aliphatic rings. The number of aryl methyl sites for hydroxylation is 1. The number of fused-ring (bicyclic) bond motifs is 2. The van der Waals surface area contributed by atoms with Crippen LogP contribution >= 0.6 is 11.6 Å². The Morgan fingerprint density at radius 2 is 1.95 bits per heavy atom. The fourth-order valence-electron chi connectivity index (χ4n) is 4.70. The Kier molecular flexibility index (Phi) is 2.74. The second-order valence-corrected chi connectivity index (χ2v) is 7.75. The molecule has 1 aromatic carbocycles. The van der Waals surface area contributed by atoms with E-state index in [0.717, 1.165) is 17.0 Å². The first-order valence-electron chi connectivity index (χ1n) is 7.26. The molecule has 0 radical (unpaired) electrons. The highest BCUT2D eigenvalue weighted by Crippen LogP contribution is 2.71. The average Bonchev–Trinajstić information content (AvgIpc) is 2.66. The Bertz CT molecular complexity index is 534. The minimum atomic E-state index is 0.284. The van der Waals surface area contributed by atoms with Gasteiger partial charge in [0.15, 0.2) is 0 Å². The normalized spacial score (nSPS) is 35.8. The Labute approximate surface area is 121 Å². The van der Waals surface area contributed by atoms with Crippen LogP contribution in [0.3, 0.4) is 0 Å². The number of phenols is 1. The molecule has 0 spiro atoms. The molecule has 0 heterocycles. The fraction of sp³-hybridized carbons (Fsp3) is 0.647. The van der Waals surface area contributed by atoms with Gasteiger partial charge < -0.3 is 5.11 Å². The lowest BCUT2D eigenvalue weighted by Crippen LogP contribution is -2.31. The van der Waals surface area contributed by atoms with E-state index in [1.165, 1.54) is 19.3 Å². The first-order valence-corrected chi connectivity index (χ1v) is 7.64. The van der Waals surface area contributed by atoms with Crippen molar-refractivity contribution < 1.29 is 5.11 Å². The third-order valence-electron chi connectivity index (χ3n) is 6.41. The Morgan fingerprint density at radius 3 is 2.47 bits per heavy atom. The van der Waals surface area contributed by atoms with E-state index < -0.39 is 0 Å². The smallest absolute Gasteiger partial charge is 0.137 e. The number of hydrogen-bond donors (Lipinski definition) is 1. The predicted molar refractivity (Wildman–Crippen MR) is 79.8 cm³/mol. The van der Waals surface area contributed by atoms with Crippen molar-refractivity contribution in [3.8, 4) is 5.75 Å². The number of aromatic hydroxyl groups is 1. The van der Waals surface area contributed by atoms with Crippen molar-refractivity contribution in [1.82, 2.24) is 0 Å². The van der Waals surface area contributed by atoms with E-state index in [2.05, 4.69) is 33.8 Å². The predicted octanol–water partition coefficient (Wildman–Crippen LogP) is 5.28. The van der Waals surface area contributed by atoms with Gasteiger partial charge in [-0.15, -0.1) is 0 Å². The molecule has 3 unspecified atom stereocenters. The maximum absolute atomic E-state index is 10.4. The van der Waals surface area contributed by atoms with E-state index in [-0.39, 0.29) is 5.41 Å². The highest BCUT2D eigenvalue weighted by Gasteiger charge is 2.61. The summed E-state index contributed by atoms with van der Waals surface area (Å²) in [5, 5.41) is 10.9. The quantitative estimate of drug-likeness (QED) is 0.740. The van der Waals surface area contributed by atoms with Gasteiger partial charge in [-0.3, -0.25) is 0 Å². The molecule has 2 saturated carbocycles. The zero-order valence-corrected chi connectivity index (χ0v) is 13.0. The van der Waals surface area contributed by atoms with Gasteiger partial charge in [0.2, 0.25) is 0 Å². The van der Waals surface area contributed by atoms with Crippen LogP contribution in [0.2, 0.25) is 5.02 Å². The molecule has 2 aliphatic carbocycles. The molecule has 0 aliphatic heterocycles. The molecule has 0 aromatic heterocycles. The minimum absolute atomic E-state index is 0.284. The summed E-state index contributed by atoms with van der Waals surface area (Å²) in [6.07, 6.45) is 3.79. The summed E-state index contributed by atoms with van der Waals surface area (Å²) in [5.41, 5.74) is 2.86. The van der Waals surface area contributed by atoms with Crippen molar-refractivity contribution in [1.29, 1.82) is 0 Å². The van der Waals surface area contributed by atoms with E-state index in [1.807, 2.05) is 6.07 Å². The molecule has 104 valence electrons. The molecule has 2 bridgehead atoms. The standard InChI is InChI=1S/C17H23ClO/c1-10-7-12(15(19)14(18)8-10)13-9-11-5-6-17(13,4)16(11,2)3/h7-8,11,13,19H,5-6,9H2,1-4H3. The summed E-state index contributed by atoms with van der Waals surface area (Å²) >= 11 is 6.17. The fourth-order valence-corrected chi connectivity index (χ4v) is 4.98. The molecule has 3 atom stereocenters. The molecule has 2 fully saturated rings. The molecule has 0 saturated heterocycles. The summed E-state index contributed by atoms with van der Waals surface area (Å²) in [4.78, 5) is 0. The van der Waals surface area contributed by atoms with Crippen LogP contribution in [0.25, 0.3) is 0 Å². The first-order chi connectivity index (χ1) is 8.77. The van der Waals surface area contributed by atoms with E-state index in [0.29, 0.717) is 22.1 Å². The van der Waals surface area contributed by atoms with Crippen molar-refractivity contribution in [2.24, 2.45) is 16.7 Å². The third kappa shape index (κ3) is 1.60. The highest BCUT2D eigenvalue weighted by molar-refractivity contribution is 6.32. The summed E-state index contributed by atoms with van der Waals surface area (Å²) < 4.78 is 0. The second kappa shape index (κ2) is 3.91. The molecule has 1 nitrogen and oxygen atoms in total. The van der Waals surface area contributed by atoms with Crippen molar-refractivity contribution >= 4 is 11.6 Å². The van der Waals surface area contributed by atoms with Gasteiger partial charge in [-0.25, -0.2) is 0 Å². The molecule has 19 heavy (non-hydrogen) atoms. The van der Waals surface area contributed by atoms with E-state index in [1.54, 1.807) is 0 Å². The lowest BCUT2D eigenvalue weighted by Gasteiger charge is -2.40.